The van der Waals surface area contributed by atoms with E-state index >= 15 is 0 Å². The summed E-state index contributed by atoms with van der Waals surface area (Å²) in [6, 6.07) is 14.0. The molecule has 45 heavy (non-hydrogen) atoms. The Hall–Kier alpha value is -3.87. The van der Waals surface area contributed by atoms with Crippen LogP contribution in [-0.4, -0.2) is 82.6 Å². The molecule has 0 spiro atoms. The molecule has 2 aromatic heterocycles. The van der Waals surface area contributed by atoms with Crippen molar-refractivity contribution in [3.63, 3.8) is 0 Å². The zero-order valence-electron chi connectivity index (χ0n) is 26.3. The first-order valence-electron chi connectivity index (χ1n) is 15.3. The van der Waals surface area contributed by atoms with Crippen LogP contribution >= 0.6 is 0 Å². The third-order valence-corrected chi connectivity index (χ3v) is 8.53. The lowest BCUT2D eigenvalue weighted by atomic mass is 10.1. The molecule has 2 heterocycles. The molecule has 1 fully saturated rings. The van der Waals surface area contributed by atoms with Gasteiger partial charge in [-0.3, -0.25) is 0 Å². The van der Waals surface area contributed by atoms with Gasteiger partial charge in [0.1, 0.15) is 48.4 Å². The minimum Gasteiger partial charge on any atom is -0.492 e. The van der Waals surface area contributed by atoms with E-state index in [1.54, 1.807) is 6.07 Å². The van der Waals surface area contributed by atoms with Gasteiger partial charge in [-0.2, -0.15) is 0 Å². The summed E-state index contributed by atoms with van der Waals surface area (Å²) >= 11 is 0. The molecule has 12 heteroatoms. The van der Waals surface area contributed by atoms with Crippen molar-refractivity contribution in [3.8, 4) is 28.6 Å². The summed E-state index contributed by atoms with van der Waals surface area (Å²) in [5, 5.41) is 6.00. The Morgan fingerprint density at radius 2 is 1.80 bits per heavy atom. The number of carbonyl (C=O) groups excluding carboxylic acids is 1. The molecule has 240 valence electrons. The lowest BCUT2D eigenvalue weighted by molar-refractivity contribution is 0.0934. The maximum atomic E-state index is 14.9. The van der Waals surface area contributed by atoms with Crippen LogP contribution in [0.4, 0.5) is 14.9 Å². The molecule has 1 aliphatic rings. The second-order valence-corrected chi connectivity index (χ2v) is 13.5. The van der Waals surface area contributed by atoms with E-state index in [4.69, 9.17) is 14.2 Å². The summed E-state index contributed by atoms with van der Waals surface area (Å²) in [4.78, 5) is 23.3. The highest BCUT2D eigenvalue weighted by Gasteiger charge is 2.24. The second kappa shape index (κ2) is 15.4. The highest BCUT2D eigenvalue weighted by atomic mass is 32.2. The van der Waals surface area contributed by atoms with E-state index in [0.29, 0.717) is 31.0 Å². The number of rotatable bonds is 16. The third kappa shape index (κ3) is 8.86. The molecular weight excluding hydrogens is 595 g/mol. The van der Waals surface area contributed by atoms with Crippen molar-refractivity contribution >= 4 is 33.6 Å². The topological polar surface area (TPSA) is 103 Å². The second-order valence-electron chi connectivity index (χ2n) is 11.1. The van der Waals surface area contributed by atoms with E-state index in [9.17, 15) is 9.18 Å². The number of ether oxygens (including phenoxy) is 3. The Kier molecular flexibility index (Phi) is 11.1. The van der Waals surface area contributed by atoms with Gasteiger partial charge in [-0.1, -0.05) is 13.8 Å². The number of nitrogens with one attached hydrogen (secondary N) is 2. The molecule has 0 radical (unpaired) electrons. The number of likely N-dealkylation sites (N-methyl/N-ethyl adjacent to an activating group) is 1. The molecule has 0 unspecified atom stereocenters. The smallest absolute Gasteiger partial charge is 0.319 e. The van der Waals surface area contributed by atoms with Gasteiger partial charge in [0.2, 0.25) is 5.88 Å². The van der Waals surface area contributed by atoms with Gasteiger partial charge in [0.05, 0.1) is 35.9 Å². The summed E-state index contributed by atoms with van der Waals surface area (Å²) in [5.74, 6) is 1.69. The number of benzene rings is 2. The fraction of sp³-hybridized carbons (Fsp3) is 0.424. The molecule has 2 aromatic carbocycles. The molecule has 2 amide bonds. The van der Waals surface area contributed by atoms with E-state index in [1.807, 2.05) is 34.9 Å². The maximum Gasteiger partial charge on any atom is 0.319 e. The number of nitrogens with zero attached hydrogens (tertiary/aromatic N) is 4. The molecular formula is C33H42FN6O4S+. The number of aromatic nitrogens is 3. The summed E-state index contributed by atoms with van der Waals surface area (Å²) in [7, 11) is 0.270. The molecule has 10 nitrogen and oxygen atoms in total. The van der Waals surface area contributed by atoms with Crippen molar-refractivity contribution in [3.05, 3.63) is 60.7 Å². The van der Waals surface area contributed by atoms with Gasteiger partial charge in [-0.05, 0) is 84.9 Å². The van der Waals surface area contributed by atoms with Crippen molar-refractivity contribution in [1.29, 1.82) is 0 Å². The van der Waals surface area contributed by atoms with Crippen LogP contribution in [0.2, 0.25) is 0 Å². The Morgan fingerprint density at radius 3 is 2.49 bits per heavy atom. The Balaban J connectivity index is 1.37. The number of hydrogen-bond donors (Lipinski definition) is 2. The fourth-order valence-corrected chi connectivity index (χ4v) is 5.22. The van der Waals surface area contributed by atoms with Crippen molar-refractivity contribution in [2.75, 3.05) is 56.4 Å². The molecule has 0 saturated heterocycles. The minimum atomic E-state index is -0.610. The quantitative estimate of drug-likeness (QED) is 0.117. The van der Waals surface area contributed by atoms with E-state index in [1.165, 1.54) is 18.5 Å². The van der Waals surface area contributed by atoms with Gasteiger partial charge in [0.15, 0.2) is 0 Å². The van der Waals surface area contributed by atoms with Crippen LogP contribution in [0.25, 0.3) is 22.3 Å². The van der Waals surface area contributed by atoms with Gasteiger partial charge in [0, 0.05) is 18.7 Å². The molecule has 0 aliphatic heterocycles. The van der Waals surface area contributed by atoms with Gasteiger partial charge in [-0.25, -0.2) is 19.2 Å². The van der Waals surface area contributed by atoms with Gasteiger partial charge < -0.3 is 34.3 Å². The van der Waals surface area contributed by atoms with Crippen LogP contribution in [-0.2, 0) is 22.4 Å². The van der Waals surface area contributed by atoms with E-state index in [0.717, 1.165) is 55.2 Å². The predicted octanol–water partition coefficient (Wildman–Crippen LogP) is 5.89. The average Bonchev–Trinajstić information content (AvgIpc) is 3.76. The summed E-state index contributed by atoms with van der Waals surface area (Å²) in [5.41, 5.74) is 2.54. The monoisotopic (exact) mass is 637 g/mol. The highest BCUT2D eigenvalue weighted by Crippen LogP contribution is 2.35. The van der Waals surface area contributed by atoms with Crippen molar-refractivity contribution in [2.45, 2.75) is 39.5 Å². The lowest BCUT2D eigenvalue weighted by Crippen LogP contribution is -2.30. The number of urea groups is 1. The molecule has 0 atom stereocenters. The van der Waals surface area contributed by atoms with E-state index in [-0.39, 0.29) is 34.3 Å². The standard InChI is InChI=1S/C33H41FN6O4S/c1-5-39(6-2)15-16-43-25-11-7-23(8-12-25)30-20-27-31(40(30)22-42-17-18-45(3)4)35-21-36-32(27)44-26-13-14-29(28(34)19-26)38-33(41)37-24-9-10-24/h7-8,11-14,19-21,24H,5-6,9-10,15-18,22H2,1-4H3,(H-,37,38,41)/p+1. The van der Waals surface area contributed by atoms with Crippen molar-refractivity contribution in [2.24, 2.45) is 0 Å². The number of fused-ring (bicyclic) bond motifs is 1. The van der Waals surface area contributed by atoms with Crippen molar-refractivity contribution in [1.82, 2.24) is 24.8 Å². The van der Waals surface area contributed by atoms with E-state index < -0.39 is 11.8 Å². The lowest BCUT2D eigenvalue weighted by Gasteiger charge is -2.18. The molecule has 1 aliphatic carbocycles. The average molecular weight is 638 g/mol. The zero-order chi connectivity index (χ0) is 31.8. The summed E-state index contributed by atoms with van der Waals surface area (Å²) in [6.07, 6.45) is 7.70. The predicted molar refractivity (Wildman–Crippen MR) is 178 cm³/mol. The largest absolute Gasteiger partial charge is 0.492 e. The molecule has 1 saturated carbocycles. The van der Waals surface area contributed by atoms with Crippen LogP contribution in [0, 0.1) is 5.82 Å². The van der Waals surface area contributed by atoms with E-state index in [2.05, 4.69) is 51.9 Å². The van der Waals surface area contributed by atoms with Crippen LogP contribution in [0.5, 0.6) is 17.4 Å². The highest BCUT2D eigenvalue weighted by molar-refractivity contribution is 7.95. The molecule has 5 rings (SSSR count). The zero-order valence-corrected chi connectivity index (χ0v) is 27.2. The van der Waals surface area contributed by atoms with Gasteiger partial charge in [0.25, 0.3) is 0 Å². The van der Waals surface area contributed by atoms with Crippen molar-refractivity contribution < 1.29 is 23.4 Å². The fourth-order valence-electron chi connectivity index (χ4n) is 4.77. The minimum absolute atomic E-state index is 0.0708. The number of anilines is 1. The molecule has 4 aromatic rings. The van der Waals surface area contributed by atoms with Crippen LogP contribution in [0.3, 0.4) is 0 Å². The normalized spacial score (nSPS) is 13.0. The molecule has 2 N–H and O–H groups in total. The summed E-state index contributed by atoms with van der Waals surface area (Å²) in [6.45, 7) is 8.70. The first kappa shape index (κ1) is 32.5. The summed E-state index contributed by atoms with van der Waals surface area (Å²) < 4.78 is 35.0. The first-order chi connectivity index (χ1) is 21.8. The number of hydrogen-bond acceptors (Lipinski definition) is 7. The Bertz CT molecular complexity index is 1570. The van der Waals surface area contributed by atoms with Gasteiger partial charge in [-0.15, -0.1) is 0 Å². The third-order valence-electron chi connectivity index (χ3n) is 7.55. The molecule has 0 bridgehead atoms. The SMILES string of the molecule is CCN(CC)CCOc1ccc(-c2cc3c(Oc4ccc(NC(=O)NC5CC5)c(F)c4)ncnc3n2COCC[S+](C)C)cc1. The number of halogens is 1. The number of carbonyl (C=O) groups is 1. The first-order valence-corrected chi connectivity index (χ1v) is 17.5. The van der Waals surface area contributed by atoms with Crippen LogP contribution < -0.4 is 20.1 Å². The van der Waals surface area contributed by atoms with Crippen LogP contribution in [0.1, 0.15) is 26.7 Å². The van der Waals surface area contributed by atoms with Gasteiger partial charge >= 0.3 is 6.03 Å². The Morgan fingerprint density at radius 1 is 1.04 bits per heavy atom. The number of amides is 2. The maximum absolute atomic E-state index is 14.9. The van der Waals surface area contributed by atoms with Crippen LogP contribution in [0.15, 0.2) is 54.9 Å². The Labute approximate surface area is 266 Å².